The van der Waals surface area contributed by atoms with Crippen molar-refractivity contribution in [3.63, 3.8) is 0 Å². The molecule has 0 radical (unpaired) electrons. The Hall–Kier alpha value is -3.64. The van der Waals surface area contributed by atoms with E-state index in [0.717, 1.165) is 16.9 Å². The van der Waals surface area contributed by atoms with Crippen LogP contribution in [0.15, 0.2) is 83.8 Å². The Bertz CT molecular complexity index is 1100. The fraction of sp³-hybridized carbons (Fsp3) is 0.231. The zero-order valence-corrected chi connectivity index (χ0v) is 18.8. The van der Waals surface area contributed by atoms with Crippen LogP contribution >= 0.6 is 0 Å². The molecule has 0 saturated heterocycles. The summed E-state index contributed by atoms with van der Waals surface area (Å²) in [5.41, 5.74) is 1.88. The number of carbonyl (C=O) groups excluding carboxylic acids is 1. The second kappa shape index (κ2) is 11.1. The number of amides is 1. The average molecular weight is 432 g/mol. The number of nitrogens with zero attached hydrogens (tertiary/aromatic N) is 3. The zero-order valence-electron chi connectivity index (χ0n) is 18.8. The molecule has 1 amide bonds. The van der Waals surface area contributed by atoms with E-state index in [-0.39, 0.29) is 11.5 Å². The van der Waals surface area contributed by atoms with Crippen molar-refractivity contribution in [2.24, 2.45) is 0 Å². The number of carbonyl (C=O) groups is 1. The Labute approximate surface area is 189 Å². The Kier molecular flexibility index (Phi) is 8.00. The van der Waals surface area contributed by atoms with Gasteiger partial charge in [-0.25, -0.2) is 0 Å². The van der Waals surface area contributed by atoms with Crippen molar-refractivity contribution in [1.29, 1.82) is 0 Å². The van der Waals surface area contributed by atoms with Gasteiger partial charge in [-0.05, 0) is 49.5 Å². The van der Waals surface area contributed by atoms with E-state index >= 15 is 0 Å². The van der Waals surface area contributed by atoms with Gasteiger partial charge in [-0.15, -0.1) is 0 Å². The molecule has 0 atom stereocenters. The maximum atomic E-state index is 13.8. The van der Waals surface area contributed by atoms with E-state index in [9.17, 15) is 9.59 Å². The molecule has 6 heteroatoms. The van der Waals surface area contributed by atoms with E-state index in [1.165, 1.54) is 10.6 Å². The second-order valence-corrected chi connectivity index (χ2v) is 7.73. The molecule has 0 unspecified atom stereocenters. The largest absolute Gasteiger partial charge is 0.497 e. The van der Waals surface area contributed by atoms with Crippen molar-refractivity contribution in [3.05, 3.63) is 100 Å². The molecule has 3 aromatic rings. The van der Waals surface area contributed by atoms with Gasteiger partial charge in [-0.2, -0.15) is 0 Å². The van der Waals surface area contributed by atoms with Gasteiger partial charge >= 0.3 is 0 Å². The number of rotatable bonds is 9. The number of aromatic nitrogens is 1. The maximum Gasteiger partial charge on any atom is 0.271 e. The first-order valence-electron chi connectivity index (χ1n) is 10.5. The van der Waals surface area contributed by atoms with Crippen LogP contribution in [0.1, 0.15) is 11.1 Å². The third kappa shape index (κ3) is 6.18. The lowest BCUT2D eigenvalue weighted by molar-refractivity contribution is -0.126. The SMILES string of the molecule is COc1ccc(/C=C(\C(=O)N(CCN(C)C)Cc2ccccc2)n2ccccc2=O)cc1. The average Bonchev–Trinajstić information content (AvgIpc) is 2.81. The summed E-state index contributed by atoms with van der Waals surface area (Å²) in [4.78, 5) is 30.2. The number of hydrogen-bond donors (Lipinski definition) is 0. The van der Waals surface area contributed by atoms with Crippen molar-refractivity contribution in [3.8, 4) is 5.75 Å². The first kappa shape index (κ1) is 23.0. The van der Waals surface area contributed by atoms with Crippen LogP contribution in [0.3, 0.4) is 0 Å². The topological polar surface area (TPSA) is 54.8 Å². The van der Waals surface area contributed by atoms with Crippen LogP contribution in [0.5, 0.6) is 5.75 Å². The highest BCUT2D eigenvalue weighted by atomic mass is 16.5. The molecule has 32 heavy (non-hydrogen) atoms. The monoisotopic (exact) mass is 431 g/mol. The third-order valence-corrected chi connectivity index (χ3v) is 5.04. The summed E-state index contributed by atoms with van der Waals surface area (Å²) in [5.74, 6) is 0.517. The van der Waals surface area contributed by atoms with Gasteiger partial charge < -0.3 is 14.5 Å². The summed E-state index contributed by atoms with van der Waals surface area (Å²) in [5, 5.41) is 0. The number of likely N-dealkylation sites (N-methyl/N-ethyl adjacent to an activating group) is 1. The molecule has 1 aromatic heterocycles. The van der Waals surface area contributed by atoms with Gasteiger partial charge in [0.05, 0.1) is 7.11 Å². The first-order chi connectivity index (χ1) is 15.5. The van der Waals surface area contributed by atoms with Crippen molar-refractivity contribution in [2.45, 2.75) is 6.54 Å². The van der Waals surface area contributed by atoms with Gasteiger partial charge in [0, 0.05) is 31.9 Å². The number of pyridine rings is 1. The van der Waals surface area contributed by atoms with Crippen molar-refractivity contribution in [2.75, 3.05) is 34.3 Å². The molecule has 2 aromatic carbocycles. The predicted molar refractivity (Wildman–Crippen MR) is 128 cm³/mol. The predicted octanol–water partition coefficient (Wildman–Crippen LogP) is 3.45. The zero-order chi connectivity index (χ0) is 22.9. The normalized spacial score (nSPS) is 11.4. The van der Waals surface area contributed by atoms with E-state index in [1.807, 2.05) is 73.6 Å². The molecular formula is C26H29N3O3. The molecular weight excluding hydrogens is 402 g/mol. The number of benzene rings is 2. The quantitative estimate of drug-likeness (QED) is 0.487. The summed E-state index contributed by atoms with van der Waals surface area (Å²) < 4.78 is 6.63. The van der Waals surface area contributed by atoms with Crippen LogP contribution in [0.2, 0.25) is 0 Å². The van der Waals surface area contributed by atoms with E-state index in [0.29, 0.717) is 25.3 Å². The van der Waals surface area contributed by atoms with Crippen LogP contribution < -0.4 is 10.3 Å². The van der Waals surface area contributed by atoms with Gasteiger partial charge in [0.25, 0.3) is 11.5 Å². The Morgan fingerprint density at radius 3 is 2.25 bits per heavy atom. The van der Waals surface area contributed by atoms with Crippen LogP contribution in [-0.4, -0.2) is 54.6 Å². The van der Waals surface area contributed by atoms with Gasteiger partial charge in [0.15, 0.2) is 0 Å². The van der Waals surface area contributed by atoms with E-state index in [4.69, 9.17) is 4.74 Å². The molecule has 0 saturated carbocycles. The number of methoxy groups -OCH3 is 1. The molecule has 0 aliphatic heterocycles. The van der Waals surface area contributed by atoms with Crippen LogP contribution in [0.25, 0.3) is 11.8 Å². The lowest BCUT2D eigenvalue weighted by Gasteiger charge is -2.26. The molecule has 0 aliphatic carbocycles. The van der Waals surface area contributed by atoms with Gasteiger partial charge in [0.2, 0.25) is 0 Å². The fourth-order valence-electron chi connectivity index (χ4n) is 3.26. The molecule has 6 nitrogen and oxygen atoms in total. The van der Waals surface area contributed by atoms with E-state index < -0.39 is 0 Å². The summed E-state index contributed by atoms with van der Waals surface area (Å²) in [6.07, 6.45) is 3.37. The highest BCUT2D eigenvalue weighted by Crippen LogP contribution is 2.18. The van der Waals surface area contributed by atoms with E-state index in [1.54, 1.807) is 36.4 Å². The van der Waals surface area contributed by atoms with Crippen molar-refractivity contribution >= 4 is 17.7 Å². The Balaban J connectivity index is 2.03. The van der Waals surface area contributed by atoms with Crippen molar-refractivity contribution < 1.29 is 9.53 Å². The molecule has 0 N–H and O–H groups in total. The van der Waals surface area contributed by atoms with Crippen LogP contribution in [0.4, 0.5) is 0 Å². The van der Waals surface area contributed by atoms with E-state index in [2.05, 4.69) is 0 Å². The fourth-order valence-corrected chi connectivity index (χ4v) is 3.26. The standard InChI is InChI=1S/C26H29N3O3/c1-27(2)17-18-28(20-22-9-5-4-6-10-22)26(31)24(29-16-8-7-11-25(29)30)19-21-12-14-23(32-3)15-13-21/h4-16,19H,17-18,20H2,1-3H3/b24-19+. The molecule has 1 heterocycles. The molecule has 0 aliphatic rings. The molecule has 166 valence electrons. The lowest BCUT2D eigenvalue weighted by Crippen LogP contribution is -2.39. The third-order valence-electron chi connectivity index (χ3n) is 5.04. The minimum Gasteiger partial charge on any atom is -0.497 e. The van der Waals surface area contributed by atoms with Gasteiger partial charge in [0.1, 0.15) is 11.4 Å². The minimum atomic E-state index is -0.257. The maximum absolute atomic E-state index is 13.8. The molecule has 0 bridgehead atoms. The highest BCUT2D eigenvalue weighted by Gasteiger charge is 2.21. The molecule has 0 fully saturated rings. The van der Waals surface area contributed by atoms with Crippen LogP contribution in [-0.2, 0) is 11.3 Å². The summed E-state index contributed by atoms with van der Waals surface area (Å²) in [7, 11) is 5.55. The Morgan fingerprint density at radius 1 is 0.938 bits per heavy atom. The van der Waals surface area contributed by atoms with Crippen molar-refractivity contribution in [1.82, 2.24) is 14.4 Å². The van der Waals surface area contributed by atoms with Crippen LogP contribution in [0, 0.1) is 0 Å². The molecule has 0 spiro atoms. The summed E-state index contributed by atoms with van der Waals surface area (Å²) >= 11 is 0. The second-order valence-electron chi connectivity index (χ2n) is 7.73. The summed E-state index contributed by atoms with van der Waals surface area (Å²) in [6.45, 7) is 1.69. The summed E-state index contributed by atoms with van der Waals surface area (Å²) in [6, 6.07) is 22.1. The Morgan fingerprint density at radius 2 is 1.62 bits per heavy atom. The van der Waals surface area contributed by atoms with Gasteiger partial charge in [-0.1, -0.05) is 48.5 Å². The molecule has 3 rings (SSSR count). The lowest BCUT2D eigenvalue weighted by atomic mass is 10.1. The number of hydrogen-bond acceptors (Lipinski definition) is 4. The minimum absolute atomic E-state index is 0.208. The number of ether oxygens (including phenoxy) is 1. The smallest absolute Gasteiger partial charge is 0.271 e. The van der Waals surface area contributed by atoms with Gasteiger partial charge in [-0.3, -0.25) is 14.2 Å². The first-order valence-corrected chi connectivity index (χ1v) is 10.5. The highest BCUT2D eigenvalue weighted by molar-refractivity contribution is 6.18.